The molecule has 3 N–H and O–H groups in total. The number of anilines is 1. The Morgan fingerprint density at radius 3 is 2.65 bits per heavy atom. The molecule has 2 aromatic carbocycles. The van der Waals surface area contributed by atoms with Crippen LogP contribution in [0.3, 0.4) is 0 Å². The van der Waals surface area contributed by atoms with Crippen LogP contribution in [0.25, 0.3) is 10.9 Å². The number of aliphatic hydroxyl groups excluding tert-OH is 1. The van der Waals surface area contributed by atoms with Gasteiger partial charge in [0, 0.05) is 23.8 Å². The van der Waals surface area contributed by atoms with E-state index in [1.165, 1.54) is 0 Å². The fraction of sp³-hybridized carbons (Fsp3) is 0.167. The van der Waals surface area contributed by atoms with E-state index in [1.807, 2.05) is 30.3 Å². The van der Waals surface area contributed by atoms with Gasteiger partial charge >= 0.3 is 0 Å². The third-order valence-corrected chi connectivity index (χ3v) is 3.44. The van der Waals surface area contributed by atoms with E-state index < -0.39 is 6.10 Å². The van der Waals surface area contributed by atoms with Crippen molar-refractivity contribution in [2.24, 2.45) is 0 Å². The minimum absolute atomic E-state index is 0.167. The molecule has 1 aromatic heterocycles. The lowest BCUT2D eigenvalue weighted by atomic mass is 10.2. The number of para-hydroxylation sites is 1. The maximum Gasteiger partial charge on any atom is 0.145 e. The predicted octanol–water partition coefficient (Wildman–Crippen LogP) is 2.79. The van der Waals surface area contributed by atoms with Gasteiger partial charge in [0.1, 0.15) is 29.7 Å². The molecule has 1 heterocycles. The number of ether oxygens (including phenoxy) is 1. The van der Waals surface area contributed by atoms with Crippen molar-refractivity contribution < 1.29 is 14.9 Å². The maximum atomic E-state index is 10.0. The molecule has 0 amide bonds. The SMILES string of the molecule is Oc1ccc(NCC(O)COc2cccc3cccnc23)cc1. The molecule has 0 spiro atoms. The van der Waals surface area contributed by atoms with Crippen LogP contribution in [-0.4, -0.2) is 34.5 Å². The molecule has 0 aliphatic carbocycles. The first-order valence-corrected chi connectivity index (χ1v) is 7.40. The molecular weight excluding hydrogens is 292 g/mol. The van der Waals surface area contributed by atoms with Crippen molar-refractivity contribution in [1.82, 2.24) is 4.98 Å². The molecule has 0 bridgehead atoms. The van der Waals surface area contributed by atoms with E-state index in [9.17, 15) is 10.2 Å². The van der Waals surface area contributed by atoms with Crippen molar-refractivity contribution in [3.63, 3.8) is 0 Å². The van der Waals surface area contributed by atoms with Gasteiger partial charge in [-0.3, -0.25) is 4.98 Å². The zero-order chi connectivity index (χ0) is 16.1. The molecule has 1 atom stereocenters. The van der Waals surface area contributed by atoms with Crippen molar-refractivity contribution in [2.45, 2.75) is 6.10 Å². The summed E-state index contributed by atoms with van der Waals surface area (Å²) in [5.41, 5.74) is 1.61. The molecular formula is C18H18N2O3. The van der Waals surface area contributed by atoms with Crippen molar-refractivity contribution in [3.05, 3.63) is 60.8 Å². The fourth-order valence-electron chi connectivity index (χ4n) is 2.25. The summed E-state index contributed by atoms with van der Waals surface area (Å²) in [6.45, 7) is 0.518. The van der Waals surface area contributed by atoms with Gasteiger partial charge in [-0.15, -0.1) is 0 Å². The van der Waals surface area contributed by atoms with Gasteiger partial charge in [-0.2, -0.15) is 0 Å². The molecule has 0 saturated carbocycles. The van der Waals surface area contributed by atoms with Crippen molar-refractivity contribution in [1.29, 1.82) is 0 Å². The first-order chi connectivity index (χ1) is 11.2. The molecule has 5 nitrogen and oxygen atoms in total. The highest BCUT2D eigenvalue weighted by atomic mass is 16.5. The summed E-state index contributed by atoms with van der Waals surface area (Å²) in [4.78, 5) is 4.31. The lowest BCUT2D eigenvalue weighted by Crippen LogP contribution is -2.26. The molecule has 1 unspecified atom stereocenters. The Morgan fingerprint density at radius 2 is 1.83 bits per heavy atom. The van der Waals surface area contributed by atoms with Crippen LogP contribution in [0, 0.1) is 0 Å². The first kappa shape index (κ1) is 15.1. The summed E-state index contributed by atoms with van der Waals surface area (Å²) in [6, 6.07) is 16.2. The maximum absolute atomic E-state index is 10.0. The van der Waals surface area contributed by atoms with E-state index in [1.54, 1.807) is 30.5 Å². The summed E-state index contributed by atoms with van der Waals surface area (Å²) < 4.78 is 5.70. The van der Waals surface area contributed by atoms with Gasteiger partial charge in [0.05, 0.1) is 0 Å². The molecule has 118 valence electrons. The van der Waals surface area contributed by atoms with Gasteiger partial charge in [0.2, 0.25) is 0 Å². The largest absolute Gasteiger partial charge is 0.508 e. The Labute approximate surface area is 134 Å². The second kappa shape index (κ2) is 6.98. The van der Waals surface area contributed by atoms with Crippen molar-refractivity contribution in [3.8, 4) is 11.5 Å². The highest BCUT2D eigenvalue weighted by molar-refractivity contribution is 5.84. The van der Waals surface area contributed by atoms with Crippen molar-refractivity contribution in [2.75, 3.05) is 18.5 Å². The van der Waals surface area contributed by atoms with E-state index in [-0.39, 0.29) is 12.4 Å². The van der Waals surface area contributed by atoms with Gasteiger partial charge in [0.25, 0.3) is 0 Å². The molecule has 0 saturated heterocycles. The highest BCUT2D eigenvalue weighted by Gasteiger charge is 2.08. The van der Waals surface area contributed by atoms with Gasteiger partial charge in [0.15, 0.2) is 0 Å². The molecule has 5 heteroatoms. The Bertz CT molecular complexity index is 769. The first-order valence-electron chi connectivity index (χ1n) is 7.40. The summed E-state index contributed by atoms with van der Waals surface area (Å²) in [6.07, 6.45) is 1.06. The standard InChI is InChI=1S/C18H18N2O3/c21-15-8-6-14(7-9-15)20-11-16(22)12-23-17-5-1-3-13-4-2-10-19-18(13)17/h1-10,16,20-22H,11-12H2. The predicted molar refractivity (Wildman–Crippen MR) is 89.8 cm³/mol. The quantitative estimate of drug-likeness (QED) is 0.611. The number of rotatable bonds is 6. The molecule has 0 aliphatic rings. The number of aliphatic hydroxyl groups is 1. The Morgan fingerprint density at radius 1 is 1.04 bits per heavy atom. The Balaban J connectivity index is 1.56. The Hall–Kier alpha value is -2.79. The third-order valence-electron chi connectivity index (χ3n) is 3.44. The molecule has 0 radical (unpaired) electrons. The lowest BCUT2D eigenvalue weighted by molar-refractivity contribution is 0.118. The molecule has 3 rings (SSSR count). The molecule has 3 aromatic rings. The second-order valence-corrected chi connectivity index (χ2v) is 5.22. The zero-order valence-corrected chi connectivity index (χ0v) is 12.5. The number of aromatic hydroxyl groups is 1. The number of nitrogens with one attached hydrogen (secondary N) is 1. The summed E-state index contributed by atoms with van der Waals surface area (Å²) in [5, 5.41) is 23.4. The van der Waals surface area contributed by atoms with E-state index >= 15 is 0 Å². The monoisotopic (exact) mass is 310 g/mol. The number of nitrogens with zero attached hydrogens (tertiary/aromatic N) is 1. The second-order valence-electron chi connectivity index (χ2n) is 5.22. The summed E-state index contributed by atoms with van der Waals surface area (Å²) in [5.74, 6) is 0.870. The van der Waals surface area contributed by atoms with Gasteiger partial charge in [-0.25, -0.2) is 0 Å². The number of phenolic OH excluding ortho intramolecular Hbond substituents is 1. The minimum atomic E-state index is -0.664. The Kier molecular flexibility index (Phi) is 4.59. The molecule has 0 aliphatic heterocycles. The minimum Gasteiger partial charge on any atom is -0.508 e. The number of aromatic nitrogens is 1. The van der Waals surface area contributed by atoms with Crippen LogP contribution in [0.5, 0.6) is 11.5 Å². The fourth-order valence-corrected chi connectivity index (χ4v) is 2.25. The van der Waals surface area contributed by atoms with Crippen LogP contribution in [-0.2, 0) is 0 Å². The van der Waals surface area contributed by atoms with Crippen LogP contribution >= 0.6 is 0 Å². The third kappa shape index (κ3) is 3.90. The number of fused-ring (bicyclic) bond motifs is 1. The zero-order valence-electron chi connectivity index (χ0n) is 12.5. The topological polar surface area (TPSA) is 74.6 Å². The van der Waals surface area contributed by atoms with Crippen molar-refractivity contribution >= 4 is 16.6 Å². The van der Waals surface area contributed by atoms with Crippen LogP contribution in [0.15, 0.2) is 60.8 Å². The van der Waals surface area contributed by atoms with E-state index in [4.69, 9.17) is 4.74 Å². The number of phenols is 1. The summed E-state index contributed by atoms with van der Waals surface area (Å²) in [7, 11) is 0. The number of hydrogen-bond donors (Lipinski definition) is 3. The van der Waals surface area contributed by atoms with Gasteiger partial charge < -0.3 is 20.3 Å². The summed E-state index contributed by atoms with van der Waals surface area (Å²) >= 11 is 0. The van der Waals surface area contributed by atoms with Crippen LogP contribution in [0.2, 0.25) is 0 Å². The highest BCUT2D eigenvalue weighted by Crippen LogP contribution is 2.23. The molecule has 23 heavy (non-hydrogen) atoms. The smallest absolute Gasteiger partial charge is 0.145 e. The normalized spacial score (nSPS) is 12.0. The lowest BCUT2D eigenvalue weighted by Gasteiger charge is -2.15. The van der Waals surface area contributed by atoms with E-state index in [0.717, 1.165) is 16.6 Å². The average Bonchev–Trinajstić information content (AvgIpc) is 2.59. The van der Waals surface area contributed by atoms with Crippen LogP contribution < -0.4 is 10.1 Å². The van der Waals surface area contributed by atoms with Gasteiger partial charge in [-0.1, -0.05) is 18.2 Å². The van der Waals surface area contributed by atoms with E-state index in [2.05, 4.69) is 10.3 Å². The number of hydrogen-bond acceptors (Lipinski definition) is 5. The van der Waals surface area contributed by atoms with E-state index in [0.29, 0.717) is 12.3 Å². The number of benzene rings is 2. The van der Waals surface area contributed by atoms with Crippen LogP contribution in [0.1, 0.15) is 0 Å². The molecule has 0 fully saturated rings. The van der Waals surface area contributed by atoms with Crippen LogP contribution in [0.4, 0.5) is 5.69 Å². The number of pyridine rings is 1. The van der Waals surface area contributed by atoms with Gasteiger partial charge in [-0.05, 0) is 36.4 Å². The average molecular weight is 310 g/mol.